The molecule has 0 heterocycles. The summed E-state index contributed by atoms with van der Waals surface area (Å²) in [6.45, 7) is 17.0. The lowest BCUT2D eigenvalue weighted by Crippen LogP contribution is -2.50. The minimum absolute atomic E-state index is 0.639. The molecule has 0 aromatic heterocycles. The summed E-state index contributed by atoms with van der Waals surface area (Å²) >= 11 is 0. The first kappa shape index (κ1) is 34.8. The second-order valence-corrected chi connectivity index (χ2v) is 10.5. The van der Waals surface area contributed by atoms with Gasteiger partial charge in [0, 0.05) is 6.42 Å². The summed E-state index contributed by atoms with van der Waals surface area (Å²) in [6.07, 6.45) is 30.3. The molecule has 0 atom stereocenters. The molecule has 0 spiro atoms. The highest BCUT2D eigenvalue weighted by Crippen LogP contribution is 2.20. The van der Waals surface area contributed by atoms with Gasteiger partial charge in [0.05, 0.1) is 26.2 Å². The molecule has 0 saturated heterocycles. The lowest BCUT2D eigenvalue weighted by atomic mass is 10.1. The third-order valence-corrected chi connectivity index (χ3v) is 7.11. The van der Waals surface area contributed by atoms with Gasteiger partial charge in [-0.15, -0.1) is 0 Å². The molecule has 33 heavy (non-hydrogen) atoms. The monoisotopic (exact) mass is 469 g/mol. The van der Waals surface area contributed by atoms with Crippen molar-refractivity contribution in [1.82, 2.24) is 0 Å². The van der Waals surface area contributed by atoms with E-state index in [0.717, 1.165) is 6.29 Å². The number of carbonyl (C=O) groups excluding carboxylic acids is 1. The van der Waals surface area contributed by atoms with Crippen molar-refractivity contribution in [3.63, 3.8) is 0 Å². The SMILES string of the molecule is CCC=O.CCCCCCC[N+](CCCCCCC)(CCCCCCC)CCCCCCC. The average molecular weight is 469 g/mol. The fourth-order valence-electron chi connectivity index (χ4n) is 4.87. The second kappa shape index (κ2) is 29.7. The number of rotatable bonds is 25. The van der Waals surface area contributed by atoms with Crippen molar-refractivity contribution in [2.45, 2.75) is 169 Å². The molecule has 0 amide bonds. The van der Waals surface area contributed by atoms with E-state index in [1.807, 2.05) is 6.92 Å². The zero-order valence-corrected chi connectivity index (χ0v) is 24.1. The van der Waals surface area contributed by atoms with Crippen LogP contribution >= 0.6 is 0 Å². The number of carbonyl (C=O) groups is 1. The second-order valence-electron chi connectivity index (χ2n) is 10.5. The van der Waals surface area contributed by atoms with E-state index >= 15 is 0 Å². The molecule has 0 fully saturated rings. The third kappa shape index (κ3) is 26.1. The number of nitrogens with zero attached hydrogens (tertiary/aromatic N) is 1. The lowest BCUT2D eigenvalue weighted by Gasteiger charge is -2.39. The normalized spacial score (nSPS) is 11.3. The number of aldehydes is 1. The molecular weight excluding hydrogens is 402 g/mol. The molecule has 0 N–H and O–H groups in total. The van der Waals surface area contributed by atoms with Gasteiger partial charge in [0.15, 0.2) is 0 Å². The van der Waals surface area contributed by atoms with Gasteiger partial charge in [-0.3, -0.25) is 0 Å². The third-order valence-electron chi connectivity index (χ3n) is 7.11. The van der Waals surface area contributed by atoms with Crippen molar-refractivity contribution in [2.75, 3.05) is 26.2 Å². The molecule has 0 saturated carbocycles. The van der Waals surface area contributed by atoms with Crippen molar-refractivity contribution in [3.05, 3.63) is 0 Å². The van der Waals surface area contributed by atoms with Crippen LogP contribution in [0.25, 0.3) is 0 Å². The highest BCUT2D eigenvalue weighted by molar-refractivity contribution is 5.48. The zero-order chi connectivity index (χ0) is 24.9. The molecule has 0 aromatic rings. The number of hydrogen-bond donors (Lipinski definition) is 0. The molecule has 200 valence electrons. The first-order chi connectivity index (χ1) is 16.2. The average Bonchev–Trinajstić information content (AvgIpc) is 2.83. The summed E-state index contributed by atoms with van der Waals surface area (Å²) < 4.78 is 1.47. The predicted octanol–water partition coefficient (Wildman–Crippen LogP) is 10.3. The zero-order valence-electron chi connectivity index (χ0n) is 24.1. The Kier molecular flexibility index (Phi) is 31.3. The van der Waals surface area contributed by atoms with Gasteiger partial charge in [-0.1, -0.05) is 112 Å². The van der Waals surface area contributed by atoms with E-state index in [0.29, 0.717) is 6.42 Å². The topological polar surface area (TPSA) is 17.1 Å². The summed E-state index contributed by atoms with van der Waals surface area (Å²) in [5.74, 6) is 0. The van der Waals surface area contributed by atoms with Crippen molar-refractivity contribution >= 4 is 6.29 Å². The Morgan fingerprint density at radius 2 is 0.606 bits per heavy atom. The Hall–Kier alpha value is -0.370. The fraction of sp³-hybridized carbons (Fsp3) is 0.968. The summed E-state index contributed by atoms with van der Waals surface area (Å²) in [7, 11) is 0. The summed E-state index contributed by atoms with van der Waals surface area (Å²) in [5.41, 5.74) is 0. The standard InChI is InChI=1S/C28H60N.C3H6O/c1-5-9-13-17-21-25-29(26-22-18-14-10-6-2,27-23-19-15-11-7-3)28-24-20-16-12-8-4;1-2-3-4/h5-28H2,1-4H3;3H,2H2,1H3/q+1;. The molecule has 0 rings (SSSR count). The molecule has 0 aromatic carbocycles. The minimum Gasteiger partial charge on any atom is -0.324 e. The first-order valence-corrected chi connectivity index (χ1v) is 15.4. The molecular formula is C31H66NO+. The van der Waals surface area contributed by atoms with Crippen molar-refractivity contribution in [1.29, 1.82) is 0 Å². The van der Waals surface area contributed by atoms with Gasteiger partial charge < -0.3 is 9.28 Å². The van der Waals surface area contributed by atoms with E-state index in [2.05, 4.69) is 27.7 Å². The van der Waals surface area contributed by atoms with E-state index in [-0.39, 0.29) is 0 Å². The van der Waals surface area contributed by atoms with Crippen LogP contribution in [0.5, 0.6) is 0 Å². The van der Waals surface area contributed by atoms with E-state index in [1.54, 1.807) is 0 Å². The lowest BCUT2D eigenvalue weighted by molar-refractivity contribution is -0.929. The number of quaternary nitrogens is 1. The molecule has 0 aliphatic heterocycles. The van der Waals surface area contributed by atoms with Gasteiger partial charge in [-0.05, 0) is 51.4 Å². The predicted molar refractivity (Wildman–Crippen MR) is 151 cm³/mol. The van der Waals surface area contributed by atoms with Crippen LogP contribution in [0.4, 0.5) is 0 Å². The Bertz CT molecular complexity index is 293. The summed E-state index contributed by atoms with van der Waals surface area (Å²) in [4.78, 5) is 9.17. The largest absolute Gasteiger partial charge is 0.324 e. The Morgan fingerprint density at radius 1 is 0.394 bits per heavy atom. The van der Waals surface area contributed by atoms with Crippen LogP contribution in [0.1, 0.15) is 169 Å². The fourth-order valence-corrected chi connectivity index (χ4v) is 4.87. The van der Waals surface area contributed by atoms with Gasteiger partial charge in [0.2, 0.25) is 0 Å². The molecule has 0 aliphatic carbocycles. The molecule has 2 nitrogen and oxygen atoms in total. The Balaban J connectivity index is 0. The van der Waals surface area contributed by atoms with E-state index < -0.39 is 0 Å². The van der Waals surface area contributed by atoms with Crippen molar-refractivity contribution in [2.24, 2.45) is 0 Å². The first-order valence-electron chi connectivity index (χ1n) is 15.4. The molecule has 0 aliphatic rings. The molecule has 0 bridgehead atoms. The number of hydrogen-bond acceptors (Lipinski definition) is 1. The van der Waals surface area contributed by atoms with E-state index in [1.165, 1.54) is 159 Å². The minimum atomic E-state index is 0.639. The van der Waals surface area contributed by atoms with Crippen LogP contribution in [-0.2, 0) is 4.79 Å². The van der Waals surface area contributed by atoms with Gasteiger partial charge in [-0.25, -0.2) is 0 Å². The summed E-state index contributed by atoms with van der Waals surface area (Å²) in [6, 6.07) is 0. The Labute approximate surface area is 211 Å². The van der Waals surface area contributed by atoms with Crippen LogP contribution < -0.4 is 0 Å². The van der Waals surface area contributed by atoms with Gasteiger partial charge >= 0.3 is 0 Å². The molecule has 0 unspecified atom stereocenters. The van der Waals surface area contributed by atoms with Crippen LogP contribution in [-0.4, -0.2) is 36.9 Å². The van der Waals surface area contributed by atoms with Crippen LogP contribution in [0.15, 0.2) is 0 Å². The summed E-state index contributed by atoms with van der Waals surface area (Å²) in [5, 5.41) is 0. The van der Waals surface area contributed by atoms with Crippen molar-refractivity contribution < 1.29 is 9.28 Å². The quantitative estimate of drug-likeness (QED) is 0.0739. The maximum atomic E-state index is 9.17. The highest BCUT2D eigenvalue weighted by Gasteiger charge is 2.25. The van der Waals surface area contributed by atoms with E-state index in [4.69, 9.17) is 0 Å². The van der Waals surface area contributed by atoms with Gasteiger partial charge in [0.1, 0.15) is 6.29 Å². The maximum Gasteiger partial charge on any atom is 0.119 e. The highest BCUT2D eigenvalue weighted by atomic mass is 16.1. The van der Waals surface area contributed by atoms with Crippen LogP contribution in [0, 0.1) is 0 Å². The Morgan fingerprint density at radius 3 is 0.788 bits per heavy atom. The van der Waals surface area contributed by atoms with Crippen molar-refractivity contribution in [3.8, 4) is 0 Å². The molecule has 0 radical (unpaired) electrons. The number of unbranched alkanes of at least 4 members (excludes halogenated alkanes) is 16. The maximum absolute atomic E-state index is 9.17. The van der Waals surface area contributed by atoms with Crippen LogP contribution in [0.3, 0.4) is 0 Å². The smallest absolute Gasteiger partial charge is 0.119 e. The van der Waals surface area contributed by atoms with Gasteiger partial charge in [0.25, 0.3) is 0 Å². The van der Waals surface area contributed by atoms with Crippen LogP contribution in [0.2, 0.25) is 0 Å². The van der Waals surface area contributed by atoms with E-state index in [9.17, 15) is 4.79 Å². The molecule has 2 heteroatoms. The van der Waals surface area contributed by atoms with Gasteiger partial charge in [-0.2, -0.15) is 0 Å².